The molecule has 0 saturated carbocycles. The molecule has 2 amide bonds. The van der Waals surface area contributed by atoms with Crippen LogP contribution in [0.1, 0.15) is 37.6 Å². The van der Waals surface area contributed by atoms with Gasteiger partial charge >= 0.3 is 12.2 Å². The van der Waals surface area contributed by atoms with Crippen LogP contribution in [0.4, 0.5) is 15.5 Å². The number of halogens is 1. The topological polar surface area (TPSA) is 111 Å². The van der Waals surface area contributed by atoms with Crippen molar-refractivity contribution in [2.75, 3.05) is 45.7 Å². The third-order valence-corrected chi connectivity index (χ3v) is 6.68. The first-order valence-electron chi connectivity index (χ1n) is 12.7. The van der Waals surface area contributed by atoms with Crippen LogP contribution in [0.15, 0.2) is 24.3 Å². The molecule has 4 rings (SSSR count). The lowest BCUT2D eigenvalue weighted by Crippen LogP contribution is -2.49. The molecular formula is C27H35ClN6O5. The smallest absolute Gasteiger partial charge is 0.413 e. The monoisotopic (exact) mass is 558 g/mol. The van der Waals surface area contributed by atoms with Crippen molar-refractivity contribution < 1.29 is 23.8 Å². The number of anilines is 1. The van der Waals surface area contributed by atoms with Crippen LogP contribution >= 0.6 is 11.6 Å². The van der Waals surface area contributed by atoms with E-state index in [1.807, 2.05) is 44.4 Å². The van der Waals surface area contributed by atoms with Gasteiger partial charge in [-0.1, -0.05) is 23.7 Å². The fourth-order valence-electron chi connectivity index (χ4n) is 4.51. The highest BCUT2D eigenvalue weighted by Crippen LogP contribution is 2.29. The minimum atomic E-state index is -0.670. The zero-order valence-electron chi connectivity index (χ0n) is 23.2. The Morgan fingerprint density at radius 2 is 1.77 bits per heavy atom. The maximum atomic E-state index is 12.4. The molecule has 1 aromatic carbocycles. The highest BCUT2D eigenvalue weighted by atomic mass is 35.5. The van der Waals surface area contributed by atoms with E-state index in [1.165, 1.54) is 7.11 Å². The SMILES string of the molecule is COC(=O)Nc1nc(Cl)c2c(cc(C)n2Cc2ccc(CN3CCN(C(=O)OC(C)(C)C)CC3)cc2OC)n1. The van der Waals surface area contributed by atoms with Crippen LogP contribution in [-0.4, -0.2) is 82.5 Å². The number of rotatable bonds is 6. The number of amides is 2. The van der Waals surface area contributed by atoms with Crippen LogP contribution < -0.4 is 10.1 Å². The van der Waals surface area contributed by atoms with Crippen LogP contribution in [0.2, 0.25) is 5.15 Å². The van der Waals surface area contributed by atoms with Crippen molar-refractivity contribution in [3.05, 3.63) is 46.2 Å². The molecule has 0 atom stereocenters. The molecule has 2 aromatic heterocycles. The summed E-state index contributed by atoms with van der Waals surface area (Å²) in [5.41, 5.74) is 3.81. The molecule has 3 aromatic rings. The molecule has 0 bridgehead atoms. The van der Waals surface area contributed by atoms with Gasteiger partial charge in [-0.15, -0.1) is 0 Å². The van der Waals surface area contributed by atoms with E-state index in [2.05, 4.69) is 37.1 Å². The van der Waals surface area contributed by atoms with Crippen molar-refractivity contribution in [1.82, 2.24) is 24.3 Å². The largest absolute Gasteiger partial charge is 0.496 e. The van der Waals surface area contributed by atoms with Crippen molar-refractivity contribution in [3.63, 3.8) is 0 Å². The number of nitrogens with one attached hydrogen (secondary N) is 1. The van der Waals surface area contributed by atoms with Gasteiger partial charge in [-0.05, 0) is 45.4 Å². The first kappa shape index (κ1) is 28.4. The summed E-state index contributed by atoms with van der Waals surface area (Å²) in [6.45, 7) is 11.6. The van der Waals surface area contributed by atoms with Gasteiger partial charge in [0.1, 0.15) is 16.9 Å². The van der Waals surface area contributed by atoms with E-state index in [0.717, 1.165) is 42.2 Å². The molecule has 0 radical (unpaired) electrons. The number of piperazine rings is 1. The fourth-order valence-corrected chi connectivity index (χ4v) is 4.79. The summed E-state index contributed by atoms with van der Waals surface area (Å²) < 4.78 is 17.9. The van der Waals surface area contributed by atoms with Gasteiger partial charge in [-0.3, -0.25) is 10.2 Å². The van der Waals surface area contributed by atoms with Crippen LogP contribution in [-0.2, 0) is 22.6 Å². The van der Waals surface area contributed by atoms with Gasteiger partial charge in [0.2, 0.25) is 5.95 Å². The average Bonchev–Trinajstić information content (AvgIpc) is 3.19. The second-order valence-electron chi connectivity index (χ2n) is 10.5. The number of hydrogen-bond donors (Lipinski definition) is 1. The summed E-state index contributed by atoms with van der Waals surface area (Å²) in [6.07, 6.45) is -0.932. The Morgan fingerprint density at radius 3 is 2.41 bits per heavy atom. The van der Waals surface area contributed by atoms with Gasteiger partial charge in [0.25, 0.3) is 0 Å². The molecule has 0 aliphatic carbocycles. The Balaban J connectivity index is 1.46. The average molecular weight is 559 g/mol. The van der Waals surface area contributed by atoms with Crippen LogP contribution in [0.3, 0.4) is 0 Å². The lowest BCUT2D eigenvalue weighted by molar-refractivity contribution is 0.0139. The standard InChI is InChI=1S/C27H35ClN6O5/c1-17-13-20-22(23(28)30-24(29-20)31-25(35)38-6)34(17)16-19-8-7-18(14-21(19)37-5)15-32-9-11-33(12-10-32)26(36)39-27(2,3)4/h7-8,13-14H,9-12,15-16H2,1-6H3,(H,29,30,31,35). The summed E-state index contributed by atoms with van der Waals surface area (Å²) in [7, 11) is 2.92. The van der Waals surface area contributed by atoms with Gasteiger partial charge in [0.05, 0.1) is 26.3 Å². The minimum absolute atomic E-state index is 0.0744. The van der Waals surface area contributed by atoms with Crippen LogP contribution in [0.5, 0.6) is 5.75 Å². The van der Waals surface area contributed by atoms with Crippen molar-refractivity contribution >= 4 is 40.8 Å². The maximum absolute atomic E-state index is 12.4. The van der Waals surface area contributed by atoms with Crippen molar-refractivity contribution in [1.29, 1.82) is 0 Å². The molecule has 1 N–H and O–H groups in total. The molecule has 210 valence electrons. The Morgan fingerprint density at radius 1 is 1.05 bits per heavy atom. The number of aryl methyl sites for hydroxylation is 1. The number of nitrogens with zero attached hydrogens (tertiary/aromatic N) is 5. The first-order chi connectivity index (χ1) is 18.5. The number of carbonyl (C=O) groups excluding carboxylic acids is 2. The third kappa shape index (κ3) is 6.90. The summed E-state index contributed by atoms with van der Waals surface area (Å²) in [6, 6.07) is 8.09. The van der Waals surface area contributed by atoms with E-state index in [9.17, 15) is 9.59 Å². The molecule has 39 heavy (non-hydrogen) atoms. The number of carbonyl (C=O) groups is 2. The quantitative estimate of drug-likeness (QED) is 0.434. The van der Waals surface area contributed by atoms with Gasteiger partial charge in [0, 0.05) is 44.0 Å². The van der Waals surface area contributed by atoms with Crippen LogP contribution in [0, 0.1) is 6.92 Å². The molecule has 0 spiro atoms. The lowest BCUT2D eigenvalue weighted by atomic mass is 10.1. The first-order valence-corrected chi connectivity index (χ1v) is 13.1. The van der Waals surface area contributed by atoms with Crippen LogP contribution in [0.25, 0.3) is 11.0 Å². The van der Waals surface area contributed by atoms with Crippen molar-refractivity contribution in [2.45, 2.75) is 46.4 Å². The fraction of sp³-hybridized carbons (Fsp3) is 0.481. The Bertz CT molecular complexity index is 1360. The molecule has 12 heteroatoms. The van der Waals surface area contributed by atoms with E-state index in [4.69, 9.17) is 21.1 Å². The van der Waals surface area contributed by atoms with E-state index in [-0.39, 0.29) is 17.2 Å². The van der Waals surface area contributed by atoms with E-state index < -0.39 is 11.7 Å². The van der Waals surface area contributed by atoms with Gasteiger partial charge in [0.15, 0.2) is 5.15 Å². The van der Waals surface area contributed by atoms with Crippen molar-refractivity contribution in [3.8, 4) is 5.75 Å². The molecule has 0 unspecified atom stereocenters. The summed E-state index contributed by atoms with van der Waals surface area (Å²) >= 11 is 6.51. The predicted octanol–water partition coefficient (Wildman–Crippen LogP) is 4.68. The Kier molecular flexibility index (Phi) is 8.51. The third-order valence-electron chi connectivity index (χ3n) is 6.42. The second kappa shape index (κ2) is 11.7. The number of benzene rings is 1. The molecule has 3 heterocycles. The molecule has 11 nitrogen and oxygen atoms in total. The van der Waals surface area contributed by atoms with Gasteiger partial charge in [-0.2, -0.15) is 4.98 Å². The highest BCUT2D eigenvalue weighted by molar-refractivity contribution is 6.33. The van der Waals surface area contributed by atoms with Gasteiger partial charge in [-0.25, -0.2) is 14.6 Å². The zero-order chi connectivity index (χ0) is 28.3. The highest BCUT2D eigenvalue weighted by Gasteiger charge is 2.26. The second-order valence-corrected chi connectivity index (χ2v) is 10.8. The summed E-state index contributed by atoms with van der Waals surface area (Å²) in [5.74, 6) is 0.840. The van der Waals surface area contributed by atoms with Gasteiger partial charge < -0.3 is 23.7 Å². The molecule has 1 saturated heterocycles. The normalized spacial score (nSPS) is 14.4. The summed E-state index contributed by atoms with van der Waals surface area (Å²) in [5, 5.41) is 2.67. The minimum Gasteiger partial charge on any atom is -0.496 e. The maximum Gasteiger partial charge on any atom is 0.413 e. The van der Waals surface area contributed by atoms with E-state index in [1.54, 1.807) is 12.0 Å². The molecule has 1 fully saturated rings. The number of fused-ring (bicyclic) bond motifs is 1. The van der Waals surface area contributed by atoms with E-state index in [0.29, 0.717) is 30.7 Å². The number of aromatic nitrogens is 3. The predicted molar refractivity (Wildman–Crippen MR) is 148 cm³/mol. The summed E-state index contributed by atoms with van der Waals surface area (Å²) in [4.78, 5) is 36.6. The number of hydrogen-bond acceptors (Lipinski definition) is 8. The number of ether oxygens (including phenoxy) is 3. The Labute approximate surface area is 233 Å². The lowest BCUT2D eigenvalue weighted by Gasteiger charge is -2.35. The molecular weight excluding hydrogens is 524 g/mol. The molecule has 1 aliphatic heterocycles. The zero-order valence-corrected chi connectivity index (χ0v) is 24.0. The van der Waals surface area contributed by atoms with Crippen molar-refractivity contribution in [2.24, 2.45) is 0 Å². The van der Waals surface area contributed by atoms with E-state index >= 15 is 0 Å². The molecule has 1 aliphatic rings. The Hall–Kier alpha value is -3.57. The number of methoxy groups -OCH3 is 2.